The third-order valence-electron chi connectivity index (χ3n) is 6.09. The number of H-pyrrole nitrogens is 1. The summed E-state index contributed by atoms with van der Waals surface area (Å²) in [6, 6.07) is 11.0. The van der Waals surface area contributed by atoms with Gasteiger partial charge in [0.1, 0.15) is 0 Å². The average Bonchev–Trinajstić information content (AvgIpc) is 3.47. The molecule has 0 spiro atoms. The number of fused-ring (bicyclic) bond motifs is 1. The molecule has 1 aliphatic heterocycles. The molecule has 4 aromatic rings. The summed E-state index contributed by atoms with van der Waals surface area (Å²) in [5, 5.41) is 3.74. The van der Waals surface area contributed by atoms with Gasteiger partial charge in [-0.15, -0.1) is 0 Å². The fraction of sp³-hybridized carbons (Fsp3) is 0.250. The molecule has 1 aromatic carbocycles. The van der Waals surface area contributed by atoms with Gasteiger partial charge in [0.05, 0.1) is 29.6 Å². The van der Waals surface area contributed by atoms with Crippen LogP contribution in [0.3, 0.4) is 0 Å². The number of imidazole rings is 2. The lowest BCUT2D eigenvalue weighted by molar-refractivity contribution is 0.0655. The third kappa shape index (κ3) is 4.21. The van der Waals surface area contributed by atoms with Crippen molar-refractivity contribution >= 4 is 28.9 Å². The summed E-state index contributed by atoms with van der Waals surface area (Å²) in [5.74, 6) is -0.116. The lowest BCUT2D eigenvalue weighted by atomic mass is 9.85. The minimum Gasteiger partial charge on any atom is -0.344 e. The molecule has 1 saturated heterocycles. The van der Waals surface area contributed by atoms with Gasteiger partial charge in [0.2, 0.25) is 0 Å². The Balaban J connectivity index is 1.43. The molecule has 5 rings (SSSR count). The van der Waals surface area contributed by atoms with E-state index in [2.05, 4.69) is 20.3 Å². The van der Waals surface area contributed by atoms with E-state index < -0.39 is 0 Å². The molecular formula is C24H23ClN6O2. The number of aryl methyl sites for hydroxylation is 1. The largest absolute Gasteiger partial charge is 0.344 e. The number of halogens is 1. The number of carbonyl (C=O) groups excluding carboxylic acids is 2. The van der Waals surface area contributed by atoms with Crippen molar-refractivity contribution in [1.29, 1.82) is 0 Å². The second kappa shape index (κ2) is 8.71. The molecule has 0 radical (unpaired) electrons. The molecule has 4 heterocycles. The van der Waals surface area contributed by atoms with E-state index in [0.717, 1.165) is 16.8 Å². The van der Waals surface area contributed by atoms with Gasteiger partial charge in [0, 0.05) is 42.1 Å². The maximum atomic E-state index is 13.4. The van der Waals surface area contributed by atoms with Gasteiger partial charge in [0.25, 0.3) is 11.8 Å². The zero-order chi connectivity index (χ0) is 22.9. The highest BCUT2D eigenvalue weighted by molar-refractivity contribution is 6.30. The fourth-order valence-corrected chi connectivity index (χ4v) is 4.68. The number of amides is 2. The number of rotatable bonds is 4. The van der Waals surface area contributed by atoms with Crippen LogP contribution in [0.1, 0.15) is 44.6 Å². The normalized spacial score (nSPS) is 18.4. The smallest absolute Gasteiger partial charge is 0.287 e. The number of nitrogens with zero attached hydrogens (tertiary/aromatic N) is 4. The predicted octanol–water partition coefficient (Wildman–Crippen LogP) is 3.45. The Kier molecular flexibility index (Phi) is 5.60. The molecule has 1 fully saturated rings. The van der Waals surface area contributed by atoms with Gasteiger partial charge in [-0.1, -0.05) is 23.7 Å². The molecule has 2 atom stereocenters. The van der Waals surface area contributed by atoms with Crippen molar-refractivity contribution in [1.82, 2.24) is 29.6 Å². The SMILES string of the molecule is Cc1cnc(C(=O)N[C@@H]2CN(C(=O)c3cccn4cncc34)CC[C@H]2c2cccc(Cl)c2)[nH]1. The first kappa shape index (κ1) is 21.2. The number of piperidine rings is 1. The Hall–Kier alpha value is -3.65. The monoisotopic (exact) mass is 462 g/mol. The van der Waals surface area contributed by atoms with E-state index in [1.807, 2.05) is 53.9 Å². The first-order valence-electron chi connectivity index (χ1n) is 10.8. The van der Waals surface area contributed by atoms with Crippen LogP contribution in [0.25, 0.3) is 5.52 Å². The lowest BCUT2D eigenvalue weighted by Gasteiger charge is -2.39. The van der Waals surface area contributed by atoms with Crippen molar-refractivity contribution in [3.63, 3.8) is 0 Å². The quantitative estimate of drug-likeness (QED) is 0.485. The number of aromatic nitrogens is 4. The van der Waals surface area contributed by atoms with Crippen molar-refractivity contribution in [2.45, 2.75) is 25.3 Å². The van der Waals surface area contributed by atoms with Crippen molar-refractivity contribution in [2.24, 2.45) is 0 Å². The van der Waals surface area contributed by atoms with Crippen molar-refractivity contribution in [2.75, 3.05) is 13.1 Å². The molecule has 0 saturated carbocycles. The van der Waals surface area contributed by atoms with E-state index in [1.165, 1.54) is 0 Å². The number of carbonyl (C=O) groups is 2. The Morgan fingerprint density at radius 2 is 2.09 bits per heavy atom. The number of aromatic amines is 1. The maximum Gasteiger partial charge on any atom is 0.287 e. The first-order chi connectivity index (χ1) is 16.0. The molecule has 0 aliphatic carbocycles. The zero-order valence-corrected chi connectivity index (χ0v) is 18.8. The first-order valence-corrected chi connectivity index (χ1v) is 11.2. The molecule has 33 heavy (non-hydrogen) atoms. The molecule has 168 valence electrons. The van der Waals surface area contributed by atoms with E-state index in [9.17, 15) is 9.59 Å². The summed E-state index contributed by atoms with van der Waals surface area (Å²) in [5.41, 5.74) is 3.18. The molecule has 2 N–H and O–H groups in total. The summed E-state index contributed by atoms with van der Waals surface area (Å²) in [7, 11) is 0. The molecule has 1 aliphatic rings. The van der Waals surface area contributed by atoms with Crippen LogP contribution in [-0.2, 0) is 0 Å². The Bertz CT molecular complexity index is 1330. The van der Waals surface area contributed by atoms with Crippen LogP contribution in [0.4, 0.5) is 0 Å². The number of hydrogen-bond donors (Lipinski definition) is 2. The number of nitrogens with one attached hydrogen (secondary N) is 2. The van der Waals surface area contributed by atoms with Crippen molar-refractivity contribution in [3.05, 3.63) is 89.0 Å². The minimum atomic E-state index is -0.302. The average molecular weight is 463 g/mol. The lowest BCUT2D eigenvalue weighted by Crippen LogP contribution is -2.53. The Morgan fingerprint density at radius 1 is 1.21 bits per heavy atom. The maximum absolute atomic E-state index is 13.4. The van der Waals surface area contributed by atoms with Crippen LogP contribution in [0, 0.1) is 6.92 Å². The number of pyridine rings is 1. The minimum absolute atomic E-state index is 0.0125. The van der Waals surface area contributed by atoms with Crippen LogP contribution < -0.4 is 5.32 Å². The Morgan fingerprint density at radius 3 is 2.88 bits per heavy atom. The Labute approximate surface area is 195 Å². The predicted molar refractivity (Wildman–Crippen MR) is 124 cm³/mol. The second-order valence-electron chi connectivity index (χ2n) is 8.30. The molecule has 8 nitrogen and oxygen atoms in total. The fourth-order valence-electron chi connectivity index (χ4n) is 4.48. The number of benzene rings is 1. The van der Waals surface area contributed by atoms with Crippen molar-refractivity contribution in [3.8, 4) is 0 Å². The highest BCUT2D eigenvalue weighted by Gasteiger charge is 2.35. The van der Waals surface area contributed by atoms with E-state index in [1.54, 1.807) is 23.6 Å². The van der Waals surface area contributed by atoms with Crippen LogP contribution in [0.15, 0.2) is 61.3 Å². The van der Waals surface area contributed by atoms with Gasteiger partial charge in [-0.05, 0) is 43.2 Å². The van der Waals surface area contributed by atoms with Crippen LogP contribution in [-0.4, -0.2) is 55.2 Å². The summed E-state index contributed by atoms with van der Waals surface area (Å²) in [4.78, 5) is 39.4. The molecule has 3 aromatic heterocycles. The zero-order valence-electron chi connectivity index (χ0n) is 18.0. The van der Waals surface area contributed by atoms with Crippen LogP contribution in [0.5, 0.6) is 0 Å². The van der Waals surface area contributed by atoms with Gasteiger partial charge in [-0.25, -0.2) is 9.97 Å². The van der Waals surface area contributed by atoms with Gasteiger partial charge >= 0.3 is 0 Å². The number of hydrogen-bond acceptors (Lipinski definition) is 4. The molecule has 0 unspecified atom stereocenters. The van der Waals surface area contributed by atoms with E-state index >= 15 is 0 Å². The standard InChI is InChI=1S/C24H23ClN6O2/c1-15-11-27-22(28-15)23(32)29-20-13-30(9-7-18(20)16-4-2-5-17(25)10-16)24(33)19-6-3-8-31-14-26-12-21(19)31/h2-6,8,10-12,14,18,20H,7,9,13H2,1H3,(H,27,28)(H,29,32)/t18-,20+/m0/s1. The van der Waals surface area contributed by atoms with Gasteiger partial charge in [0.15, 0.2) is 5.82 Å². The summed E-state index contributed by atoms with van der Waals surface area (Å²) in [6.45, 7) is 2.78. The topological polar surface area (TPSA) is 95.4 Å². The highest BCUT2D eigenvalue weighted by Crippen LogP contribution is 2.31. The van der Waals surface area contributed by atoms with Gasteiger partial charge in [-0.2, -0.15) is 0 Å². The van der Waals surface area contributed by atoms with Crippen molar-refractivity contribution < 1.29 is 9.59 Å². The van der Waals surface area contributed by atoms with E-state index in [4.69, 9.17) is 11.6 Å². The molecule has 9 heteroatoms. The van der Waals surface area contributed by atoms with Gasteiger partial charge in [-0.3, -0.25) is 9.59 Å². The van der Waals surface area contributed by atoms with Gasteiger partial charge < -0.3 is 19.6 Å². The van der Waals surface area contributed by atoms with E-state index in [-0.39, 0.29) is 29.6 Å². The summed E-state index contributed by atoms with van der Waals surface area (Å²) in [6.07, 6.45) is 7.53. The summed E-state index contributed by atoms with van der Waals surface area (Å²) >= 11 is 6.24. The second-order valence-corrected chi connectivity index (χ2v) is 8.74. The van der Waals surface area contributed by atoms with Crippen LogP contribution >= 0.6 is 11.6 Å². The number of likely N-dealkylation sites (tertiary alicyclic amines) is 1. The third-order valence-corrected chi connectivity index (χ3v) is 6.33. The molecular weight excluding hydrogens is 440 g/mol. The summed E-state index contributed by atoms with van der Waals surface area (Å²) < 4.78 is 1.82. The van der Waals surface area contributed by atoms with E-state index in [0.29, 0.717) is 30.1 Å². The molecule has 0 bridgehead atoms. The molecule has 2 amide bonds. The highest BCUT2D eigenvalue weighted by atomic mass is 35.5. The van der Waals surface area contributed by atoms with Crippen LogP contribution in [0.2, 0.25) is 5.02 Å².